The van der Waals surface area contributed by atoms with Crippen LogP contribution in [-0.4, -0.2) is 29.1 Å². The molecule has 1 aliphatic rings. The van der Waals surface area contributed by atoms with E-state index in [1.807, 2.05) is 0 Å². The molecule has 1 aliphatic carbocycles. The lowest BCUT2D eigenvalue weighted by molar-refractivity contribution is -0.140. The molecule has 0 heterocycles. The fourth-order valence-electron chi connectivity index (χ4n) is 1.92. The molecule has 1 fully saturated rings. The molecule has 0 unspecified atom stereocenters. The fourth-order valence-corrected chi connectivity index (χ4v) is 1.92. The standard InChI is InChI=1S/C16H21NO4/c1-11(2)7-10-21-13-5-3-12(4-6-13)14(18)17-16(8-9-16)15(19)20/h3-6,11H,7-10H2,1-2H3,(H,17,18)(H,19,20). The predicted molar refractivity (Wildman–Crippen MR) is 78.5 cm³/mol. The van der Waals surface area contributed by atoms with Crippen molar-refractivity contribution in [3.05, 3.63) is 29.8 Å². The van der Waals surface area contributed by atoms with E-state index in [4.69, 9.17) is 9.84 Å². The first-order valence-electron chi connectivity index (χ1n) is 7.22. The number of nitrogens with one attached hydrogen (secondary N) is 1. The average Bonchev–Trinajstić information content (AvgIpc) is 3.20. The van der Waals surface area contributed by atoms with Crippen LogP contribution in [0.15, 0.2) is 24.3 Å². The Hall–Kier alpha value is -2.04. The molecule has 1 saturated carbocycles. The molecule has 0 aliphatic heterocycles. The molecule has 1 aromatic rings. The van der Waals surface area contributed by atoms with E-state index < -0.39 is 11.5 Å². The summed E-state index contributed by atoms with van der Waals surface area (Å²) in [5, 5.41) is 11.6. The molecule has 0 radical (unpaired) electrons. The van der Waals surface area contributed by atoms with Crippen LogP contribution in [0.25, 0.3) is 0 Å². The van der Waals surface area contributed by atoms with Crippen LogP contribution in [0.5, 0.6) is 5.75 Å². The van der Waals surface area contributed by atoms with Gasteiger partial charge in [-0.3, -0.25) is 4.79 Å². The molecule has 2 N–H and O–H groups in total. The number of aliphatic carboxylic acids is 1. The topological polar surface area (TPSA) is 75.6 Å². The summed E-state index contributed by atoms with van der Waals surface area (Å²) in [4.78, 5) is 23.0. The van der Waals surface area contributed by atoms with Gasteiger partial charge in [0.15, 0.2) is 0 Å². The minimum absolute atomic E-state index is 0.358. The van der Waals surface area contributed by atoms with Crippen LogP contribution in [-0.2, 0) is 4.79 Å². The van der Waals surface area contributed by atoms with Gasteiger partial charge in [-0.1, -0.05) is 13.8 Å². The van der Waals surface area contributed by atoms with Crippen molar-refractivity contribution in [2.24, 2.45) is 5.92 Å². The second-order valence-corrected chi connectivity index (χ2v) is 5.90. The average molecular weight is 291 g/mol. The van der Waals surface area contributed by atoms with Crippen LogP contribution in [0.2, 0.25) is 0 Å². The second kappa shape index (κ2) is 6.16. The molecular formula is C16H21NO4. The van der Waals surface area contributed by atoms with Crippen LogP contribution in [0.3, 0.4) is 0 Å². The van der Waals surface area contributed by atoms with Gasteiger partial charge in [0.1, 0.15) is 11.3 Å². The molecular weight excluding hydrogens is 270 g/mol. The number of hydrogen-bond acceptors (Lipinski definition) is 3. The molecule has 0 spiro atoms. The summed E-state index contributed by atoms with van der Waals surface area (Å²) < 4.78 is 5.58. The first-order valence-corrected chi connectivity index (χ1v) is 7.22. The Labute approximate surface area is 124 Å². The second-order valence-electron chi connectivity index (χ2n) is 5.90. The fraction of sp³-hybridized carbons (Fsp3) is 0.500. The zero-order valence-electron chi connectivity index (χ0n) is 12.4. The number of benzene rings is 1. The molecule has 0 atom stereocenters. The van der Waals surface area contributed by atoms with E-state index in [0.717, 1.165) is 6.42 Å². The van der Waals surface area contributed by atoms with Crippen LogP contribution < -0.4 is 10.1 Å². The molecule has 114 valence electrons. The molecule has 5 nitrogen and oxygen atoms in total. The summed E-state index contributed by atoms with van der Waals surface area (Å²) in [7, 11) is 0. The van der Waals surface area contributed by atoms with Gasteiger partial charge in [0, 0.05) is 5.56 Å². The van der Waals surface area contributed by atoms with Crippen molar-refractivity contribution in [1.82, 2.24) is 5.32 Å². The van der Waals surface area contributed by atoms with Gasteiger partial charge in [0.2, 0.25) is 0 Å². The Morgan fingerprint density at radius 1 is 1.29 bits per heavy atom. The molecule has 1 aromatic carbocycles. The van der Waals surface area contributed by atoms with Gasteiger partial charge < -0.3 is 15.2 Å². The van der Waals surface area contributed by atoms with Gasteiger partial charge in [-0.05, 0) is 49.4 Å². The summed E-state index contributed by atoms with van der Waals surface area (Å²) in [5.74, 6) is -0.0273. The summed E-state index contributed by atoms with van der Waals surface area (Å²) in [5.41, 5.74) is -0.609. The first-order chi connectivity index (χ1) is 9.93. The normalized spacial score (nSPS) is 15.6. The molecule has 0 aromatic heterocycles. The number of rotatable bonds is 7. The zero-order valence-corrected chi connectivity index (χ0v) is 12.4. The third-order valence-corrected chi connectivity index (χ3v) is 3.59. The van der Waals surface area contributed by atoms with Crippen molar-refractivity contribution in [3.8, 4) is 5.75 Å². The Morgan fingerprint density at radius 3 is 2.38 bits per heavy atom. The van der Waals surface area contributed by atoms with Crippen molar-refractivity contribution >= 4 is 11.9 Å². The number of carboxylic acids is 1. The van der Waals surface area contributed by atoms with Crippen LogP contribution >= 0.6 is 0 Å². The molecule has 0 saturated heterocycles. The highest BCUT2D eigenvalue weighted by atomic mass is 16.5. The van der Waals surface area contributed by atoms with E-state index in [0.29, 0.717) is 36.7 Å². The van der Waals surface area contributed by atoms with Crippen LogP contribution in [0.1, 0.15) is 43.5 Å². The Morgan fingerprint density at radius 2 is 1.90 bits per heavy atom. The maximum absolute atomic E-state index is 12.0. The monoisotopic (exact) mass is 291 g/mol. The first kappa shape index (κ1) is 15.4. The van der Waals surface area contributed by atoms with E-state index in [2.05, 4.69) is 19.2 Å². The maximum Gasteiger partial charge on any atom is 0.329 e. The molecule has 1 amide bonds. The van der Waals surface area contributed by atoms with E-state index in [-0.39, 0.29) is 5.91 Å². The molecule has 2 rings (SSSR count). The van der Waals surface area contributed by atoms with Crippen LogP contribution in [0, 0.1) is 5.92 Å². The summed E-state index contributed by atoms with van der Waals surface area (Å²) >= 11 is 0. The van der Waals surface area contributed by atoms with Gasteiger partial charge in [-0.15, -0.1) is 0 Å². The number of carbonyl (C=O) groups excluding carboxylic acids is 1. The van der Waals surface area contributed by atoms with E-state index in [1.54, 1.807) is 24.3 Å². The zero-order chi connectivity index (χ0) is 15.5. The lowest BCUT2D eigenvalue weighted by Crippen LogP contribution is -2.43. The van der Waals surface area contributed by atoms with Gasteiger partial charge in [-0.2, -0.15) is 0 Å². The lowest BCUT2D eigenvalue weighted by Gasteiger charge is -2.13. The number of carbonyl (C=O) groups is 2. The highest BCUT2D eigenvalue weighted by Crippen LogP contribution is 2.35. The van der Waals surface area contributed by atoms with Crippen molar-refractivity contribution in [2.45, 2.75) is 38.6 Å². The molecule has 5 heteroatoms. The van der Waals surface area contributed by atoms with Gasteiger partial charge in [0.05, 0.1) is 6.61 Å². The third kappa shape index (κ3) is 3.97. The van der Waals surface area contributed by atoms with E-state index >= 15 is 0 Å². The van der Waals surface area contributed by atoms with E-state index in [9.17, 15) is 9.59 Å². The lowest BCUT2D eigenvalue weighted by atomic mass is 10.1. The molecule has 0 bridgehead atoms. The minimum atomic E-state index is -1.05. The Bertz CT molecular complexity index is 518. The molecule has 21 heavy (non-hydrogen) atoms. The van der Waals surface area contributed by atoms with Gasteiger partial charge in [0.25, 0.3) is 5.91 Å². The quantitative estimate of drug-likeness (QED) is 0.809. The van der Waals surface area contributed by atoms with Crippen molar-refractivity contribution in [2.75, 3.05) is 6.61 Å². The maximum atomic E-state index is 12.0. The van der Waals surface area contributed by atoms with E-state index in [1.165, 1.54) is 0 Å². The number of amides is 1. The van der Waals surface area contributed by atoms with Crippen molar-refractivity contribution < 1.29 is 19.4 Å². The number of hydrogen-bond donors (Lipinski definition) is 2. The minimum Gasteiger partial charge on any atom is -0.494 e. The predicted octanol–water partition coefficient (Wildman–Crippen LogP) is 2.46. The Kier molecular flexibility index (Phi) is 4.50. The number of ether oxygens (including phenoxy) is 1. The summed E-state index contributed by atoms with van der Waals surface area (Å²) in [6.07, 6.45) is 1.96. The highest BCUT2D eigenvalue weighted by molar-refractivity contribution is 5.98. The van der Waals surface area contributed by atoms with Crippen molar-refractivity contribution in [3.63, 3.8) is 0 Å². The Balaban J connectivity index is 1.89. The van der Waals surface area contributed by atoms with Crippen LogP contribution in [0.4, 0.5) is 0 Å². The largest absolute Gasteiger partial charge is 0.494 e. The van der Waals surface area contributed by atoms with Crippen molar-refractivity contribution in [1.29, 1.82) is 0 Å². The smallest absolute Gasteiger partial charge is 0.329 e. The highest BCUT2D eigenvalue weighted by Gasteiger charge is 2.51. The summed E-state index contributed by atoms with van der Waals surface area (Å²) in [6, 6.07) is 6.76. The summed E-state index contributed by atoms with van der Waals surface area (Å²) in [6.45, 7) is 4.91. The van der Waals surface area contributed by atoms with Gasteiger partial charge in [-0.25, -0.2) is 4.79 Å². The third-order valence-electron chi connectivity index (χ3n) is 3.59. The SMILES string of the molecule is CC(C)CCOc1ccc(C(=O)NC2(C(=O)O)CC2)cc1. The number of carboxylic acid groups (broad SMARTS) is 1. The van der Waals surface area contributed by atoms with Gasteiger partial charge >= 0.3 is 5.97 Å².